The Bertz CT molecular complexity index is 1070. The first-order chi connectivity index (χ1) is 13.8. The van der Waals surface area contributed by atoms with Crippen molar-refractivity contribution in [2.45, 2.75) is 20.4 Å². The Labute approximate surface area is 183 Å². The highest BCUT2D eigenvalue weighted by atomic mass is 35.5. The molecule has 1 aromatic heterocycles. The van der Waals surface area contributed by atoms with E-state index in [4.69, 9.17) is 39.5 Å². The standard InChI is InChI=1S/C20H19Cl3N4O2/c1-11-19(25-20(28)24-17-9-15(22)6-7-18(17)29-3)12(2)27(26-11)10-13-4-5-14(21)8-16(13)23/h4-9H,10H2,1-3H3,(H2,24,25,28). The summed E-state index contributed by atoms with van der Waals surface area (Å²) in [5.41, 5.74) is 3.44. The van der Waals surface area contributed by atoms with Crippen molar-refractivity contribution >= 4 is 52.2 Å². The second-order valence-corrected chi connectivity index (χ2v) is 7.64. The molecule has 3 aromatic rings. The van der Waals surface area contributed by atoms with Gasteiger partial charge in [-0.3, -0.25) is 4.68 Å². The first-order valence-electron chi connectivity index (χ1n) is 8.68. The van der Waals surface area contributed by atoms with Crippen molar-refractivity contribution in [1.29, 1.82) is 0 Å². The number of carbonyl (C=O) groups is 1. The van der Waals surface area contributed by atoms with E-state index >= 15 is 0 Å². The zero-order chi connectivity index (χ0) is 21.1. The number of methoxy groups -OCH3 is 1. The lowest BCUT2D eigenvalue weighted by Crippen LogP contribution is -2.20. The van der Waals surface area contributed by atoms with Gasteiger partial charge in [-0.2, -0.15) is 5.10 Å². The molecule has 0 aliphatic heterocycles. The minimum absolute atomic E-state index is 0.430. The highest BCUT2D eigenvalue weighted by Gasteiger charge is 2.16. The number of carbonyl (C=O) groups excluding carboxylic acids is 1. The minimum atomic E-state index is -0.430. The number of aryl methyl sites for hydroxylation is 1. The Morgan fingerprint density at radius 3 is 2.45 bits per heavy atom. The molecular weight excluding hydrogens is 435 g/mol. The fourth-order valence-corrected chi connectivity index (χ4v) is 3.53. The summed E-state index contributed by atoms with van der Waals surface area (Å²) in [6.45, 7) is 4.15. The number of hydrogen-bond acceptors (Lipinski definition) is 3. The predicted molar refractivity (Wildman–Crippen MR) is 118 cm³/mol. The summed E-state index contributed by atoms with van der Waals surface area (Å²) in [6, 6.07) is 9.87. The van der Waals surface area contributed by atoms with Gasteiger partial charge >= 0.3 is 6.03 Å². The number of hydrogen-bond donors (Lipinski definition) is 2. The average Bonchev–Trinajstić information content (AvgIpc) is 2.91. The van der Waals surface area contributed by atoms with Gasteiger partial charge in [0.05, 0.1) is 36.4 Å². The summed E-state index contributed by atoms with van der Waals surface area (Å²) in [5.74, 6) is 0.506. The van der Waals surface area contributed by atoms with Crippen molar-refractivity contribution in [2.24, 2.45) is 0 Å². The van der Waals surface area contributed by atoms with Gasteiger partial charge in [-0.1, -0.05) is 40.9 Å². The van der Waals surface area contributed by atoms with Crippen molar-refractivity contribution < 1.29 is 9.53 Å². The number of benzene rings is 2. The van der Waals surface area contributed by atoms with Gasteiger partial charge in [-0.05, 0) is 49.7 Å². The molecule has 0 radical (unpaired) electrons. The molecule has 2 amide bonds. The lowest BCUT2D eigenvalue weighted by molar-refractivity contribution is 0.262. The third kappa shape index (κ3) is 4.96. The van der Waals surface area contributed by atoms with Crippen LogP contribution >= 0.6 is 34.8 Å². The van der Waals surface area contributed by atoms with Gasteiger partial charge in [-0.25, -0.2) is 4.79 Å². The third-order valence-electron chi connectivity index (χ3n) is 4.36. The molecule has 152 valence electrons. The van der Waals surface area contributed by atoms with Gasteiger partial charge in [0.15, 0.2) is 0 Å². The quantitative estimate of drug-likeness (QED) is 0.486. The van der Waals surface area contributed by atoms with Crippen LogP contribution in [0.25, 0.3) is 0 Å². The minimum Gasteiger partial charge on any atom is -0.495 e. The Balaban J connectivity index is 1.78. The van der Waals surface area contributed by atoms with E-state index in [9.17, 15) is 4.79 Å². The molecule has 0 fully saturated rings. The van der Waals surface area contributed by atoms with E-state index in [1.54, 1.807) is 35.0 Å². The summed E-state index contributed by atoms with van der Waals surface area (Å²) in [6.07, 6.45) is 0. The number of nitrogens with zero attached hydrogens (tertiary/aromatic N) is 2. The van der Waals surface area contributed by atoms with Crippen LogP contribution in [-0.4, -0.2) is 22.9 Å². The van der Waals surface area contributed by atoms with E-state index in [2.05, 4.69) is 15.7 Å². The maximum Gasteiger partial charge on any atom is 0.323 e. The van der Waals surface area contributed by atoms with Crippen LogP contribution in [0.4, 0.5) is 16.2 Å². The molecule has 6 nitrogen and oxygen atoms in total. The number of halogens is 3. The molecule has 29 heavy (non-hydrogen) atoms. The van der Waals surface area contributed by atoms with Gasteiger partial charge in [0.1, 0.15) is 5.75 Å². The summed E-state index contributed by atoms with van der Waals surface area (Å²) >= 11 is 18.2. The molecule has 2 aromatic carbocycles. The van der Waals surface area contributed by atoms with Crippen molar-refractivity contribution in [2.75, 3.05) is 17.7 Å². The second-order valence-electron chi connectivity index (χ2n) is 6.36. The maximum absolute atomic E-state index is 12.5. The lowest BCUT2D eigenvalue weighted by Gasteiger charge is -2.12. The number of urea groups is 1. The molecule has 0 aliphatic carbocycles. The van der Waals surface area contributed by atoms with Crippen LogP contribution < -0.4 is 15.4 Å². The van der Waals surface area contributed by atoms with Crippen LogP contribution in [0.3, 0.4) is 0 Å². The van der Waals surface area contributed by atoms with Gasteiger partial charge < -0.3 is 15.4 Å². The van der Waals surface area contributed by atoms with Crippen LogP contribution in [0, 0.1) is 13.8 Å². The van der Waals surface area contributed by atoms with Gasteiger partial charge in [-0.15, -0.1) is 0 Å². The van der Waals surface area contributed by atoms with Gasteiger partial charge in [0, 0.05) is 15.1 Å². The first kappa shape index (κ1) is 21.3. The number of anilines is 2. The maximum atomic E-state index is 12.5. The normalized spacial score (nSPS) is 10.7. The van der Waals surface area contributed by atoms with Crippen LogP contribution in [0.5, 0.6) is 5.75 Å². The molecule has 0 saturated heterocycles. The number of rotatable bonds is 5. The van der Waals surface area contributed by atoms with Crippen molar-refractivity contribution in [1.82, 2.24) is 9.78 Å². The van der Waals surface area contributed by atoms with Crippen LogP contribution in [0.1, 0.15) is 17.0 Å². The van der Waals surface area contributed by atoms with E-state index in [1.807, 2.05) is 19.9 Å². The Morgan fingerprint density at radius 1 is 1.07 bits per heavy atom. The number of amides is 2. The molecule has 0 bridgehead atoms. The second kappa shape index (κ2) is 8.95. The molecule has 0 atom stereocenters. The SMILES string of the molecule is COc1ccc(Cl)cc1NC(=O)Nc1c(C)nn(Cc2ccc(Cl)cc2Cl)c1C. The van der Waals surface area contributed by atoms with E-state index < -0.39 is 6.03 Å². The first-order valence-corrected chi connectivity index (χ1v) is 9.81. The molecule has 1 heterocycles. The molecule has 0 aliphatic rings. The molecular formula is C20H19Cl3N4O2. The molecule has 0 unspecified atom stereocenters. The van der Waals surface area contributed by atoms with Crippen molar-refractivity contribution in [3.05, 3.63) is 68.4 Å². The van der Waals surface area contributed by atoms with E-state index in [0.29, 0.717) is 44.4 Å². The average molecular weight is 454 g/mol. The zero-order valence-corrected chi connectivity index (χ0v) is 18.3. The largest absolute Gasteiger partial charge is 0.495 e. The third-order valence-corrected chi connectivity index (χ3v) is 5.19. The van der Waals surface area contributed by atoms with E-state index in [1.165, 1.54) is 7.11 Å². The highest BCUT2D eigenvalue weighted by Crippen LogP contribution is 2.29. The summed E-state index contributed by atoms with van der Waals surface area (Å²) in [4.78, 5) is 12.5. The summed E-state index contributed by atoms with van der Waals surface area (Å²) in [7, 11) is 1.52. The number of nitrogens with one attached hydrogen (secondary N) is 2. The molecule has 2 N–H and O–H groups in total. The molecule has 3 rings (SSSR count). The molecule has 0 saturated carbocycles. The van der Waals surface area contributed by atoms with Gasteiger partial charge in [0.25, 0.3) is 0 Å². The van der Waals surface area contributed by atoms with Crippen LogP contribution in [0.15, 0.2) is 36.4 Å². The van der Waals surface area contributed by atoms with E-state index in [-0.39, 0.29) is 0 Å². The summed E-state index contributed by atoms with van der Waals surface area (Å²) in [5, 5.41) is 11.7. The smallest absolute Gasteiger partial charge is 0.323 e. The lowest BCUT2D eigenvalue weighted by atomic mass is 10.2. The van der Waals surface area contributed by atoms with Crippen LogP contribution in [-0.2, 0) is 6.54 Å². The predicted octanol–water partition coefficient (Wildman–Crippen LogP) is 6.16. The fourth-order valence-electron chi connectivity index (χ4n) is 2.89. The van der Waals surface area contributed by atoms with Crippen molar-refractivity contribution in [3.8, 4) is 5.75 Å². The number of aromatic nitrogens is 2. The Morgan fingerprint density at radius 2 is 1.76 bits per heavy atom. The monoisotopic (exact) mass is 452 g/mol. The van der Waals surface area contributed by atoms with Crippen molar-refractivity contribution in [3.63, 3.8) is 0 Å². The summed E-state index contributed by atoms with van der Waals surface area (Å²) < 4.78 is 7.03. The fraction of sp³-hybridized carbons (Fsp3) is 0.200. The Hall–Kier alpha value is -2.41. The number of ether oxygens (including phenoxy) is 1. The van der Waals surface area contributed by atoms with Crippen LogP contribution in [0.2, 0.25) is 15.1 Å². The van der Waals surface area contributed by atoms with E-state index in [0.717, 1.165) is 11.3 Å². The zero-order valence-electron chi connectivity index (χ0n) is 16.0. The highest BCUT2D eigenvalue weighted by molar-refractivity contribution is 6.35. The van der Waals surface area contributed by atoms with Gasteiger partial charge in [0.2, 0.25) is 0 Å². The molecule has 9 heteroatoms. The molecule has 0 spiro atoms. The topological polar surface area (TPSA) is 68.2 Å². The Kier molecular flexibility index (Phi) is 6.57.